The van der Waals surface area contributed by atoms with Crippen LogP contribution in [0.25, 0.3) is 0 Å². The Kier molecular flexibility index (Phi) is 9.45. The van der Waals surface area contributed by atoms with Crippen LogP contribution in [-0.2, 0) is 16.2 Å². The van der Waals surface area contributed by atoms with E-state index in [-0.39, 0.29) is 42.3 Å². The summed E-state index contributed by atoms with van der Waals surface area (Å²) >= 11 is 0. The molecule has 2 aromatic rings. The molecule has 5 heteroatoms. The van der Waals surface area contributed by atoms with Crippen molar-refractivity contribution in [1.82, 2.24) is 4.90 Å². The number of amides is 1. The van der Waals surface area contributed by atoms with Crippen molar-refractivity contribution in [2.24, 2.45) is 11.8 Å². The molecule has 0 aliphatic heterocycles. The molecule has 32 heavy (non-hydrogen) atoms. The summed E-state index contributed by atoms with van der Waals surface area (Å²) in [5.41, 5.74) is 2.67. The molecule has 5 nitrogen and oxygen atoms in total. The van der Waals surface area contributed by atoms with E-state index in [0.717, 1.165) is 16.7 Å². The molecule has 0 spiro atoms. The van der Waals surface area contributed by atoms with Gasteiger partial charge in [-0.05, 0) is 43.5 Å². The molecule has 1 atom stereocenters. The van der Waals surface area contributed by atoms with E-state index in [1.807, 2.05) is 69.0 Å². The third-order valence-electron chi connectivity index (χ3n) is 5.58. The number of aliphatic hydroxyl groups is 1. The molecule has 0 saturated carbocycles. The van der Waals surface area contributed by atoms with Gasteiger partial charge in [-0.15, -0.1) is 0 Å². The fourth-order valence-electron chi connectivity index (χ4n) is 3.70. The molecule has 0 fully saturated rings. The van der Waals surface area contributed by atoms with E-state index in [4.69, 9.17) is 4.74 Å². The Balaban J connectivity index is 2.49. The highest BCUT2D eigenvalue weighted by Gasteiger charge is 2.25. The van der Waals surface area contributed by atoms with Gasteiger partial charge in [0.25, 0.3) is 0 Å². The maximum Gasteiger partial charge on any atom is 0.313 e. The lowest BCUT2D eigenvalue weighted by molar-refractivity contribution is -0.138. The highest BCUT2D eigenvalue weighted by atomic mass is 16.5. The molecule has 2 aromatic carbocycles. The van der Waals surface area contributed by atoms with Crippen LogP contribution in [0.3, 0.4) is 0 Å². The Morgan fingerprint density at radius 2 is 1.59 bits per heavy atom. The van der Waals surface area contributed by atoms with Gasteiger partial charge in [0.1, 0.15) is 5.75 Å². The fourth-order valence-corrected chi connectivity index (χ4v) is 3.70. The number of nitrogens with zero attached hydrogens (tertiary/aromatic N) is 1. The second kappa shape index (κ2) is 11.8. The predicted octanol–water partition coefficient (Wildman–Crippen LogP) is 5.16. The smallest absolute Gasteiger partial charge is 0.313 e. The van der Waals surface area contributed by atoms with Gasteiger partial charge in [0, 0.05) is 30.0 Å². The maximum absolute atomic E-state index is 12.8. The largest absolute Gasteiger partial charge is 0.426 e. The van der Waals surface area contributed by atoms with Crippen LogP contribution < -0.4 is 4.74 Å². The van der Waals surface area contributed by atoms with Gasteiger partial charge in [0.05, 0.1) is 12.5 Å². The normalized spacial score (nSPS) is 12.3. The van der Waals surface area contributed by atoms with Crippen molar-refractivity contribution in [2.75, 3.05) is 6.54 Å². The lowest BCUT2D eigenvalue weighted by Crippen LogP contribution is -2.40. The highest BCUT2D eigenvalue weighted by molar-refractivity contribution is 5.78. The lowest BCUT2D eigenvalue weighted by Gasteiger charge is -2.31. The van der Waals surface area contributed by atoms with Gasteiger partial charge < -0.3 is 14.7 Å². The molecule has 0 bridgehead atoms. The number of carbonyl (C=O) groups is 2. The third-order valence-corrected chi connectivity index (χ3v) is 5.58. The topological polar surface area (TPSA) is 66.8 Å². The summed E-state index contributed by atoms with van der Waals surface area (Å²) in [5.74, 6) is -0.0978. The van der Waals surface area contributed by atoms with Gasteiger partial charge in [-0.1, -0.05) is 64.1 Å². The summed E-state index contributed by atoms with van der Waals surface area (Å²) in [6, 6.07) is 15.6. The summed E-state index contributed by atoms with van der Waals surface area (Å²) in [5, 5.41) is 9.74. The van der Waals surface area contributed by atoms with Crippen LogP contribution in [0, 0.1) is 11.8 Å². The number of esters is 1. The van der Waals surface area contributed by atoms with E-state index in [1.54, 1.807) is 26.0 Å². The van der Waals surface area contributed by atoms with Crippen molar-refractivity contribution in [1.29, 1.82) is 0 Å². The molecule has 174 valence electrons. The third kappa shape index (κ3) is 6.67. The number of ether oxygens (including phenoxy) is 1. The first kappa shape index (κ1) is 25.6. The number of hydrogen-bond donors (Lipinski definition) is 1. The first-order valence-electron chi connectivity index (χ1n) is 11.5. The number of carbonyl (C=O) groups excluding carboxylic acids is 2. The van der Waals surface area contributed by atoms with E-state index in [9.17, 15) is 14.7 Å². The Bertz CT molecular complexity index is 890. The van der Waals surface area contributed by atoms with Gasteiger partial charge in [0.2, 0.25) is 5.91 Å². The zero-order valence-corrected chi connectivity index (χ0v) is 20.2. The monoisotopic (exact) mass is 439 g/mol. The van der Waals surface area contributed by atoms with Crippen molar-refractivity contribution in [3.63, 3.8) is 0 Å². The summed E-state index contributed by atoms with van der Waals surface area (Å²) in [6.07, 6.45) is 0.668. The lowest BCUT2D eigenvalue weighted by atomic mass is 9.86. The zero-order chi connectivity index (χ0) is 23.8. The molecule has 0 radical (unpaired) electrons. The predicted molar refractivity (Wildman–Crippen MR) is 127 cm³/mol. The van der Waals surface area contributed by atoms with Gasteiger partial charge in [-0.2, -0.15) is 0 Å². The molecular formula is C27H37NO4. The molecule has 0 heterocycles. The van der Waals surface area contributed by atoms with Crippen LogP contribution >= 0.6 is 0 Å². The quantitative estimate of drug-likeness (QED) is 0.410. The Labute approximate surface area is 192 Å². The Morgan fingerprint density at radius 1 is 0.938 bits per heavy atom. The van der Waals surface area contributed by atoms with Gasteiger partial charge in [0.15, 0.2) is 0 Å². The van der Waals surface area contributed by atoms with E-state index < -0.39 is 0 Å². The van der Waals surface area contributed by atoms with Crippen molar-refractivity contribution >= 4 is 11.9 Å². The van der Waals surface area contributed by atoms with E-state index in [0.29, 0.717) is 18.7 Å². The van der Waals surface area contributed by atoms with Crippen LogP contribution in [0.1, 0.15) is 70.6 Å². The fraction of sp³-hybridized carbons (Fsp3) is 0.481. The van der Waals surface area contributed by atoms with E-state index in [2.05, 4.69) is 0 Å². The molecule has 0 saturated heterocycles. The molecule has 2 rings (SSSR count). The van der Waals surface area contributed by atoms with Gasteiger partial charge in [-0.3, -0.25) is 9.59 Å². The molecule has 0 aromatic heterocycles. The zero-order valence-electron chi connectivity index (χ0n) is 20.2. The number of aliphatic hydroxyl groups excluding tert-OH is 1. The van der Waals surface area contributed by atoms with Crippen LogP contribution in [0.4, 0.5) is 0 Å². The summed E-state index contributed by atoms with van der Waals surface area (Å²) in [7, 11) is 0. The molecule has 1 amide bonds. The minimum Gasteiger partial charge on any atom is -0.426 e. The second-order valence-electron chi connectivity index (χ2n) is 9.14. The highest BCUT2D eigenvalue weighted by Crippen LogP contribution is 2.36. The van der Waals surface area contributed by atoms with Crippen LogP contribution in [0.2, 0.25) is 0 Å². The minimum atomic E-state index is -0.298. The first-order chi connectivity index (χ1) is 15.1. The Morgan fingerprint density at radius 3 is 2.12 bits per heavy atom. The summed E-state index contributed by atoms with van der Waals surface area (Å²) < 4.78 is 5.75. The van der Waals surface area contributed by atoms with Gasteiger partial charge in [-0.25, -0.2) is 0 Å². The van der Waals surface area contributed by atoms with Crippen LogP contribution in [-0.4, -0.2) is 34.5 Å². The second-order valence-corrected chi connectivity index (χ2v) is 9.14. The first-order valence-corrected chi connectivity index (χ1v) is 11.5. The number of benzene rings is 2. The summed E-state index contributed by atoms with van der Waals surface area (Å²) in [4.78, 5) is 27.1. The molecule has 0 aliphatic rings. The van der Waals surface area contributed by atoms with Crippen molar-refractivity contribution in [3.8, 4) is 5.75 Å². The van der Waals surface area contributed by atoms with Crippen molar-refractivity contribution in [3.05, 3.63) is 65.2 Å². The minimum absolute atomic E-state index is 0.0761. The molecule has 0 unspecified atom stereocenters. The standard InChI is InChI=1S/C27H37NO4/c1-18(2)26(30)28(20(5)6)15-14-23(22-10-8-7-9-11-22)24-16-21(17-29)12-13-25(24)32-27(31)19(3)4/h7-13,16,18-20,23,29H,14-15,17H2,1-6H3/t23-/m1/s1. The number of hydrogen-bond acceptors (Lipinski definition) is 4. The van der Waals surface area contributed by atoms with Crippen LogP contribution in [0.5, 0.6) is 5.75 Å². The molecule has 1 N–H and O–H groups in total. The Hall–Kier alpha value is -2.66. The van der Waals surface area contributed by atoms with E-state index >= 15 is 0 Å². The SMILES string of the molecule is CC(C)C(=O)Oc1ccc(CO)cc1[C@H](CCN(C(=O)C(C)C)C(C)C)c1ccccc1. The molecule has 0 aliphatic carbocycles. The van der Waals surface area contributed by atoms with Crippen molar-refractivity contribution < 1.29 is 19.4 Å². The molecular weight excluding hydrogens is 402 g/mol. The maximum atomic E-state index is 12.8. The average molecular weight is 440 g/mol. The van der Waals surface area contributed by atoms with Crippen molar-refractivity contribution in [2.45, 2.75) is 66.5 Å². The summed E-state index contributed by atoms with van der Waals surface area (Å²) in [6.45, 7) is 12.0. The van der Waals surface area contributed by atoms with Crippen LogP contribution in [0.15, 0.2) is 48.5 Å². The van der Waals surface area contributed by atoms with Gasteiger partial charge >= 0.3 is 5.97 Å². The van der Waals surface area contributed by atoms with E-state index in [1.165, 1.54) is 0 Å². The average Bonchev–Trinajstić information content (AvgIpc) is 2.77. The number of rotatable bonds is 10.